The highest BCUT2D eigenvalue weighted by Gasteiger charge is 2.04. The van der Waals surface area contributed by atoms with Crippen molar-refractivity contribution in [1.82, 2.24) is 0 Å². The van der Waals surface area contributed by atoms with Crippen molar-refractivity contribution in [3.8, 4) is 0 Å². The monoisotopic (exact) mass is 210 g/mol. The van der Waals surface area contributed by atoms with E-state index < -0.39 is 5.97 Å². The first-order valence-corrected chi connectivity index (χ1v) is 4.27. The molecule has 0 fully saturated rings. The molecule has 0 aliphatic carbocycles. The van der Waals surface area contributed by atoms with Crippen LogP contribution in [0.25, 0.3) is 5.76 Å². The molecule has 1 rings (SSSR count). The van der Waals surface area contributed by atoms with Gasteiger partial charge in [0.15, 0.2) is 0 Å². The molecule has 0 aliphatic rings. The fraction of sp³-hybridized carbons (Fsp3) is 0.182. The number of hydrogen-bond donors (Lipinski definition) is 0. The molecule has 0 atom stereocenters. The molecule has 3 nitrogen and oxygen atoms in total. The fourth-order valence-corrected chi connectivity index (χ4v) is 1.04. The molecule has 0 unspecified atom stereocenters. The van der Waals surface area contributed by atoms with E-state index in [9.17, 15) is 9.18 Å². The first kappa shape index (κ1) is 11.2. The Balaban J connectivity index is 2.97. The second-order valence-electron chi connectivity index (χ2n) is 2.74. The van der Waals surface area contributed by atoms with Crippen molar-refractivity contribution >= 4 is 11.7 Å². The van der Waals surface area contributed by atoms with Gasteiger partial charge in [0.25, 0.3) is 0 Å². The SMILES string of the molecule is COC(=O)/C=C(/OC)c1ccc(F)cc1. The van der Waals surface area contributed by atoms with Crippen molar-refractivity contribution < 1.29 is 18.7 Å². The van der Waals surface area contributed by atoms with Crippen molar-refractivity contribution in [3.63, 3.8) is 0 Å². The summed E-state index contributed by atoms with van der Waals surface area (Å²) < 4.78 is 22.1. The Kier molecular flexibility index (Phi) is 3.85. The van der Waals surface area contributed by atoms with Gasteiger partial charge in [-0.1, -0.05) is 0 Å². The second kappa shape index (κ2) is 5.14. The Morgan fingerprint density at radius 1 is 1.20 bits per heavy atom. The van der Waals surface area contributed by atoms with E-state index >= 15 is 0 Å². The van der Waals surface area contributed by atoms with Crippen LogP contribution in [0, 0.1) is 5.82 Å². The molecule has 0 spiro atoms. The first-order chi connectivity index (χ1) is 7.17. The minimum atomic E-state index is -0.517. The Hall–Kier alpha value is -1.84. The standard InChI is InChI=1S/C11H11FO3/c1-14-10(7-11(13)15-2)8-3-5-9(12)6-4-8/h3-7H,1-2H3/b10-7+. The summed E-state index contributed by atoms with van der Waals surface area (Å²) in [5, 5.41) is 0. The summed E-state index contributed by atoms with van der Waals surface area (Å²) in [6, 6.07) is 5.63. The zero-order valence-corrected chi connectivity index (χ0v) is 8.49. The van der Waals surface area contributed by atoms with Crippen LogP contribution in [0.4, 0.5) is 4.39 Å². The van der Waals surface area contributed by atoms with Crippen LogP contribution in [0.1, 0.15) is 5.56 Å². The van der Waals surface area contributed by atoms with Crippen LogP contribution >= 0.6 is 0 Å². The van der Waals surface area contributed by atoms with Gasteiger partial charge in [-0.2, -0.15) is 0 Å². The molecular weight excluding hydrogens is 199 g/mol. The highest BCUT2D eigenvalue weighted by atomic mass is 19.1. The van der Waals surface area contributed by atoms with Crippen molar-refractivity contribution in [2.24, 2.45) is 0 Å². The third-order valence-corrected chi connectivity index (χ3v) is 1.80. The Morgan fingerprint density at radius 3 is 2.27 bits per heavy atom. The van der Waals surface area contributed by atoms with Crippen LogP contribution in [-0.4, -0.2) is 20.2 Å². The van der Waals surface area contributed by atoms with Gasteiger partial charge in [-0.25, -0.2) is 9.18 Å². The Bertz CT molecular complexity index is 368. The molecule has 1 aromatic rings. The Morgan fingerprint density at radius 2 is 1.80 bits per heavy atom. The number of hydrogen-bond acceptors (Lipinski definition) is 3. The molecule has 0 saturated carbocycles. The van der Waals surface area contributed by atoms with E-state index in [1.165, 1.54) is 44.6 Å². The van der Waals surface area contributed by atoms with Crippen LogP contribution in [0.2, 0.25) is 0 Å². The molecule has 0 amide bonds. The summed E-state index contributed by atoms with van der Waals surface area (Å²) in [5.41, 5.74) is 0.615. The number of halogens is 1. The van der Waals surface area contributed by atoms with Gasteiger partial charge >= 0.3 is 5.97 Å². The maximum absolute atomic E-state index is 12.6. The maximum Gasteiger partial charge on any atom is 0.334 e. The van der Waals surface area contributed by atoms with Gasteiger partial charge in [0, 0.05) is 5.56 Å². The third kappa shape index (κ3) is 3.09. The van der Waals surface area contributed by atoms with Crippen molar-refractivity contribution in [2.75, 3.05) is 14.2 Å². The quantitative estimate of drug-likeness (QED) is 0.434. The molecule has 0 aromatic heterocycles. The minimum absolute atomic E-state index is 0.335. The number of methoxy groups -OCH3 is 2. The van der Waals surface area contributed by atoms with Crippen LogP contribution in [0.5, 0.6) is 0 Å². The second-order valence-corrected chi connectivity index (χ2v) is 2.74. The molecule has 0 N–H and O–H groups in total. The molecule has 15 heavy (non-hydrogen) atoms. The summed E-state index contributed by atoms with van der Waals surface area (Å²) in [6.07, 6.45) is 1.20. The third-order valence-electron chi connectivity index (χ3n) is 1.80. The lowest BCUT2D eigenvalue weighted by Crippen LogP contribution is -1.98. The van der Waals surface area contributed by atoms with Gasteiger partial charge in [-0.3, -0.25) is 0 Å². The molecule has 1 aromatic carbocycles. The van der Waals surface area contributed by atoms with E-state index in [4.69, 9.17) is 4.74 Å². The normalized spacial score (nSPS) is 11.0. The first-order valence-electron chi connectivity index (χ1n) is 4.27. The number of rotatable bonds is 3. The zero-order valence-electron chi connectivity index (χ0n) is 8.49. The highest BCUT2D eigenvalue weighted by molar-refractivity contribution is 5.89. The summed E-state index contributed by atoms with van der Waals surface area (Å²) in [6.45, 7) is 0. The van der Waals surface area contributed by atoms with Gasteiger partial charge in [0.1, 0.15) is 11.6 Å². The summed E-state index contributed by atoms with van der Waals surface area (Å²) >= 11 is 0. The predicted molar refractivity (Wildman–Crippen MR) is 53.4 cm³/mol. The topological polar surface area (TPSA) is 35.5 Å². The Labute approximate surface area is 87.1 Å². The summed E-state index contributed by atoms with van der Waals surface area (Å²) in [4.78, 5) is 11.0. The molecule has 0 saturated heterocycles. The van der Waals surface area contributed by atoms with E-state index in [1.54, 1.807) is 0 Å². The van der Waals surface area contributed by atoms with Crippen LogP contribution in [-0.2, 0) is 14.3 Å². The zero-order chi connectivity index (χ0) is 11.3. The number of carbonyl (C=O) groups excluding carboxylic acids is 1. The molecule has 0 bridgehead atoms. The van der Waals surface area contributed by atoms with E-state index in [2.05, 4.69) is 4.74 Å². The highest BCUT2D eigenvalue weighted by Crippen LogP contribution is 2.15. The fourth-order valence-electron chi connectivity index (χ4n) is 1.04. The molecule has 4 heteroatoms. The van der Waals surface area contributed by atoms with E-state index in [0.29, 0.717) is 11.3 Å². The molecule has 0 radical (unpaired) electrons. The molecule has 80 valence electrons. The van der Waals surface area contributed by atoms with Gasteiger partial charge in [0.2, 0.25) is 0 Å². The lowest BCUT2D eigenvalue weighted by atomic mass is 10.2. The summed E-state index contributed by atoms with van der Waals surface area (Å²) in [5.74, 6) is -0.523. The maximum atomic E-state index is 12.6. The van der Waals surface area contributed by atoms with Gasteiger partial charge in [-0.05, 0) is 24.3 Å². The molecular formula is C11H11FO3. The smallest absolute Gasteiger partial charge is 0.334 e. The summed E-state index contributed by atoms with van der Waals surface area (Å²) in [7, 11) is 2.70. The number of ether oxygens (including phenoxy) is 2. The average Bonchev–Trinajstić information content (AvgIpc) is 2.27. The lowest BCUT2D eigenvalue weighted by Gasteiger charge is -2.05. The van der Waals surface area contributed by atoms with Gasteiger partial charge in [0.05, 0.1) is 20.3 Å². The van der Waals surface area contributed by atoms with E-state index in [1.807, 2.05) is 0 Å². The van der Waals surface area contributed by atoms with Crippen LogP contribution in [0.15, 0.2) is 30.3 Å². The van der Waals surface area contributed by atoms with Crippen molar-refractivity contribution in [3.05, 3.63) is 41.7 Å². The molecule has 0 aliphatic heterocycles. The van der Waals surface area contributed by atoms with E-state index in [-0.39, 0.29) is 5.82 Å². The minimum Gasteiger partial charge on any atom is -0.496 e. The van der Waals surface area contributed by atoms with Crippen molar-refractivity contribution in [1.29, 1.82) is 0 Å². The molecule has 0 heterocycles. The number of esters is 1. The average molecular weight is 210 g/mol. The number of carbonyl (C=O) groups is 1. The predicted octanol–water partition coefficient (Wildman–Crippen LogP) is 1.99. The lowest BCUT2D eigenvalue weighted by molar-refractivity contribution is -0.134. The van der Waals surface area contributed by atoms with Crippen molar-refractivity contribution in [2.45, 2.75) is 0 Å². The number of benzene rings is 1. The van der Waals surface area contributed by atoms with Gasteiger partial charge in [-0.15, -0.1) is 0 Å². The largest absolute Gasteiger partial charge is 0.496 e. The van der Waals surface area contributed by atoms with Crippen LogP contribution in [0.3, 0.4) is 0 Å². The van der Waals surface area contributed by atoms with Gasteiger partial charge < -0.3 is 9.47 Å². The van der Waals surface area contributed by atoms with E-state index in [0.717, 1.165) is 0 Å². The van der Waals surface area contributed by atoms with Crippen LogP contribution < -0.4 is 0 Å².